The summed E-state index contributed by atoms with van der Waals surface area (Å²) in [5, 5.41) is 13.2. The summed E-state index contributed by atoms with van der Waals surface area (Å²) in [7, 11) is 1.98. The van der Waals surface area contributed by atoms with E-state index in [1.54, 1.807) is 41.6 Å². The lowest BCUT2D eigenvalue weighted by molar-refractivity contribution is 0.0697. The van der Waals surface area contributed by atoms with Crippen molar-refractivity contribution in [3.63, 3.8) is 0 Å². The van der Waals surface area contributed by atoms with Gasteiger partial charge in [-0.15, -0.1) is 10.2 Å². The van der Waals surface area contributed by atoms with Crippen LogP contribution in [-0.4, -0.2) is 62.8 Å². The van der Waals surface area contributed by atoms with E-state index >= 15 is 0 Å². The second kappa shape index (κ2) is 7.12. The van der Waals surface area contributed by atoms with Gasteiger partial charge in [-0.3, -0.25) is 4.79 Å². The Bertz CT molecular complexity index is 1110. The third-order valence-corrected chi connectivity index (χ3v) is 5.41. The molecule has 1 fully saturated rings. The van der Waals surface area contributed by atoms with Crippen LogP contribution >= 0.6 is 0 Å². The molecule has 0 saturated carbocycles. The first-order valence-electron chi connectivity index (χ1n) is 9.62. The Morgan fingerprint density at radius 2 is 2.17 bits per heavy atom. The maximum Gasteiger partial charge on any atom is 0.274 e. The van der Waals surface area contributed by atoms with Crippen molar-refractivity contribution in [2.45, 2.75) is 25.3 Å². The number of amides is 1. The van der Waals surface area contributed by atoms with Crippen LogP contribution < -0.4 is 0 Å². The lowest BCUT2D eigenvalue weighted by Gasteiger charge is -2.31. The van der Waals surface area contributed by atoms with Crippen molar-refractivity contribution in [1.29, 1.82) is 0 Å². The molecule has 1 amide bonds. The minimum absolute atomic E-state index is 0.0685. The van der Waals surface area contributed by atoms with Crippen LogP contribution in [0.25, 0.3) is 5.65 Å². The number of fused-ring (bicyclic) bond motifs is 1. The number of nitrogens with zero attached hydrogens (tertiary/aromatic N) is 9. The van der Waals surface area contributed by atoms with Gasteiger partial charge in [0.2, 0.25) is 0 Å². The van der Waals surface area contributed by atoms with Gasteiger partial charge in [-0.2, -0.15) is 5.10 Å². The van der Waals surface area contributed by atoms with E-state index in [4.69, 9.17) is 0 Å². The molecule has 0 spiro atoms. The van der Waals surface area contributed by atoms with E-state index < -0.39 is 0 Å². The van der Waals surface area contributed by atoms with Crippen molar-refractivity contribution in [3.05, 3.63) is 60.6 Å². The highest BCUT2D eigenvalue weighted by Gasteiger charge is 2.30. The van der Waals surface area contributed by atoms with Crippen LogP contribution in [0.2, 0.25) is 0 Å². The first-order chi connectivity index (χ1) is 14.2. The fourth-order valence-corrected chi connectivity index (χ4v) is 3.88. The molecule has 0 aliphatic carbocycles. The number of carbonyl (C=O) groups excluding carboxylic acids is 1. The molecule has 148 valence electrons. The molecule has 1 saturated heterocycles. The second-order valence-electron chi connectivity index (χ2n) is 7.31. The van der Waals surface area contributed by atoms with E-state index in [9.17, 15) is 4.79 Å². The Labute approximate surface area is 166 Å². The zero-order valence-electron chi connectivity index (χ0n) is 16.1. The molecule has 1 aliphatic rings. The van der Waals surface area contributed by atoms with E-state index in [1.165, 1.54) is 0 Å². The molecular weight excluding hydrogens is 370 g/mol. The van der Waals surface area contributed by atoms with E-state index in [0.717, 1.165) is 31.0 Å². The van der Waals surface area contributed by atoms with Crippen LogP contribution in [0.5, 0.6) is 0 Å². The summed E-state index contributed by atoms with van der Waals surface area (Å²) < 4.78 is 5.62. The van der Waals surface area contributed by atoms with Gasteiger partial charge in [0.1, 0.15) is 5.82 Å². The fraction of sp³-hybridized carbons (Fsp3) is 0.368. The minimum Gasteiger partial charge on any atom is -0.337 e. The number of hydrogen-bond acceptors (Lipinski definition) is 6. The summed E-state index contributed by atoms with van der Waals surface area (Å²) in [6, 6.07) is 3.53. The maximum absolute atomic E-state index is 13.0. The zero-order chi connectivity index (χ0) is 19.8. The third-order valence-electron chi connectivity index (χ3n) is 5.41. The summed E-state index contributed by atoms with van der Waals surface area (Å²) in [6.07, 6.45) is 10.8. The summed E-state index contributed by atoms with van der Waals surface area (Å²) >= 11 is 0. The second-order valence-corrected chi connectivity index (χ2v) is 7.31. The molecule has 4 aromatic rings. The van der Waals surface area contributed by atoms with Crippen molar-refractivity contribution in [2.75, 3.05) is 13.1 Å². The van der Waals surface area contributed by atoms with Gasteiger partial charge in [0.15, 0.2) is 17.2 Å². The smallest absolute Gasteiger partial charge is 0.274 e. The van der Waals surface area contributed by atoms with Crippen molar-refractivity contribution in [2.24, 2.45) is 7.05 Å². The average molecular weight is 391 g/mol. The molecule has 10 nitrogen and oxygen atoms in total. The topological polar surface area (TPSA) is 99.0 Å². The van der Waals surface area contributed by atoms with E-state index in [2.05, 4.69) is 25.3 Å². The van der Waals surface area contributed by atoms with Crippen LogP contribution in [0.3, 0.4) is 0 Å². The highest BCUT2D eigenvalue weighted by atomic mass is 16.2. The number of aromatic nitrogens is 8. The van der Waals surface area contributed by atoms with Crippen LogP contribution in [0.15, 0.2) is 43.2 Å². The molecule has 1 atom stereocenters. The summed E-state index contributed by atoms with van der Waals surface area (Å²) in [5.74, 6) is 1.86. The van der Waals surface area contributed by atoms with Gasteiger partial charge in [0.05, 0.1) is 12.9 Å². The van der Waals surface area contributed by atoms with Gasteiger partial charge in [-0.1, -0.05) is 0 Å². The summed E-state index contributed by atoms with van der Waals surface area (Å²) in [4.78, 5) is 23.2. The van der Waals surface area contributed by atoms with Crippen LogP contribution in [0.1, 0.15) is 40.9 Å². The van der Waals surface area contributed by atoms with Gasteiger partial charge in [0.25, 0.3) is 5.91 Å². The third kappa shape index (κ3) is 3.26. The molecule has 29 heavy (non-hydrogen) atoms. The summed E-state index contributed by atoms with van der Waals surface area (Å²) in [6.45, 7) is 1.95. The highest BCUT2D eigenvalue weighted by molar-refractivity contribution is 5.93. The minimum atomic E-state index is -0.0685. The van der Waals surface area contributed by atoms with Crippen LogP contribution in [0.4, 0.5) is 0 Å². The number of carbonyl (C=O) groups is 1. The molecular formula is C19H21N9O. The largest absolute Gasteiger partial charge is 0.337 e. The Hall–Kier alpha value is -3.56. The number of piperidine rings is 1. The van der Waals surface area contributed by atoms with E-state index in [1.807, 2.05) is 27.3 Å². The molecule has 10 heteroatoms. The molecule has 4 aromatic heterocycles. The average Bonchev–Trinajstić information content (AvgIpc) is 3.48. The Morgan fingerprint density at radius 1 is 1.24 bits per heavy atom. The number of hydrogen-bond donors (Lipinski definition) is 0. The monoisotopic (exact) mass is 391 g/mol. The fourth-order valence-electron chi connectivity index (χ4n) is 3.88. The van der Waals surface area contributed by atoms with Gasteiger partial charge in [0, 0.05) is 56.9 Å². The number of likely N-dealkylation sites (tertiary alicyclic amines) is 1. The lowest BCUT2D eigenvalue weighted by Crippen LogP contribution is -2.40. The standard InChI is InChI=1S/C19H21N9O/c1-25-17(12-26-9-6-20-13-26)22-23-18(25)14-4-2-7-27(11-14)19(29)15-10-16-21-5-3-8-28(16)24-15/h3,5-6,8-10,13-14H,2,4,7,11-12H2,1H3/t14-/m0/s1. The van der Waals surface area contributed by atoms with Crippen molar-refractivity contribution < 1.29 is 4.79 Å². The first-order valence-corrected chi connectivity index (χ1v) is 9.62. The molecule has 5 rings (SSSR count). The van der Waals surface area contributed by atoms with E-state index in [-0.39, 0.29) is 11.8 Å². The zero-order valence-corrected chi connectivity index (χ0v) is 16.1. The molecule has 0 radical (unpaired) electrons. The molecule has 5 heterocycles. The molecule has 0 unspecified atom stereocenters. The Balaban J connectivity index is 1.34. The first kappa shape index (κ1) is 17.5. The molecule has 0 aromatic carbocycles. The van der Waals surface area contributed by atoms with Crippen molar-refractivity contribution in [3.8, 4) is 0 Å². The molecule has 0 bridgehead atoms. The Kier molecular flexibility index (Phi) is 4.30. The normalized spacial score (nSPS) is 17.1. The van der Waals surface area contributed by atoms with Gasteiger partial charge >= 0.3 is 0 Å². The van der Waals surface area contributed by atoms with Crippen LogP contribution in [-0.2, 0) is 13.6 Å². The predicted molar refractivity (Wildman–Crippen MR) is 103 cm³/mol. The highest BCUT2D eigenvalue weighted by Crippen LogP contribution is 2.27. The van der Waals surface area contributed by atoms with E-state index in [0.29, 0.717) is 24.4 Å². The number of rotatable bonds is 4. The maximum atomic E-state index is 13.0. The van der Waals surface area contributed by atoms with Crippen molar-refractivity contribution >= 4 is 11.6 Å². The van der Waals surface area contributed by atoms with Crippen LogP contribution in [0, 0.1) is 0 Å². The molecule has 0 N–H and O–H groups in total. The summed E-state index contributed by atoms with van der Waals surface area (Å²) in [5.41, 5.74) is 1.09. The Morgan fingerprint density at radius 3 is 3.00 bits per heavy atom. The van der Waals surface area contributed by atoms with Gasteiger partial charge in [-0.05, 0) is 18.9 Å². The SMILES string of the molecule is Cn1c(Cn2ccnc2)nnc1[C@H]1CCCN(C(=O)c2cc3ncccn3n2)C1. The molecule has 1 aliphatic heterocycles. The number of imidazole rings is 1. The quantitative estimate of drug-likeness (QED) is 0.517. The predicted octanol–water partition coefficient (Wildman–Crippen LogP) is 1.12. The lowest BCUT2D eigenvalue weighted by atomic mass is 9.97. The van der Waals surface area contributed by atoms with Crippen molar-refractivity contribution in [1.82, 2.24) is 43.8 Å². The van der Waals surface area contributed by atoms with Gasteiger partial charge in [-0.25, -0.2) is 14.5 Å². The van der Waals surface area contributed by atoms with Gasteiger partial charge < -0.3 is 14.0 Å².